The van der Waals surface area contributed by atoms with Gasteiger partial charge in [-0.2, -0.15) is 0 Å². The number of hydrogen-bond acceptors (Lipinski definition) is 2. The first-order valence-electron chi connectivity index (χ1n) is 6.57. The summed E-state index contributed by atoms with van der Waals surface area (Å²) in [5.41, 5.74) is 0.908. The highest BCUT2D eigenvalue weighted by Gasteiger charge is 2.15. The molecule has 2 rings (SSSR count). The molecule has 0 saturated heterocycles. The van der Waals surface area contributed by atoms with Gasteiger partial charge in [-0.25, -0.2) is 0 Å². The lowest BCUT2D eigenvalue weighted by molar-refractivity contribution is 0.434. The van der Waals surface area contributed by atoms with Gasteiger partial charge in [-0.1, -0.05) is 19.1 Å². The third-order valence-electron chi connectivity index (χ3n) is 2.98. The molecular weight excluding hydrogens is 302 g/mol. The van der Waals surface area contributed by atoms with Crippen molar-refractivity contribution >= 4 is 26.9 Å². The minimum atomic E-state index is 0.159. The molecule has 1 aromatic carbocycles. The van der Waals surface area contributed by atoms with E-state index in [1.54, 1.807) is 0 Å². The zero-order chi connectivity index (χ0) is 13.7. The zero-order valence-corrected chi connectivity index (χ0v) is 12.9. The summed E-state index contributed by atoms with van der Waals surface area (Å²) in [5, 5.41) is 4.61. The molecule has 1 atom stereocenters. The molecule has 1 aromatic heterocycles. The van der Waals surface area contributed by atoms with Gasteiger partial charge in [0.15, 0.2) is 0 Å². The number of nitrogens with one attached hydrogen (secondary N) is 1. The molecule has 2 nitrogen and oxygen atoms in total. The summed E-state index contributed by atoms with van der Waals surface area (Å²) in [6.07, 6.45) is 1.87. The second-order valence-corrected chi connectivity index (χ2v) is 5.30. The molecule has 2 aromatic rings. The molecule has 0 aliphatic rings. The Balaban J connectivity index is 2.31. The van der Waals surface area contributed by atoms with Crippen LogP contribution in [0.4, 0.5) is 0 Å². The molecule has 0 saturated carbocycles. The van der Waals surface area contributed by atoms with Crippen LogP contribution in [0.1, 0.15) is 38.5 Å². The largest absolute Gasteiger partial charge is 0.458 e. The highest BCUT2D eigenvalue weighted by atomic mass is 79.9. The third-order valence-corrected chi connectivity index (χ3v) is 3.61. The molecule has 1 N–H and O–H groups in total. The predicted molar refractivity (Wildman–Crippen MR) is 83.0 cm³/mol. The second-order valence-electron chi connectivity index (χ2n) is 4.44. The van der Waals surface area contributed by atoms with Crippen molar-refractivity contribution in [2.24, 2.45) is 0 Å². The Kier molecular flexibility index (Phi) is 5.07. The van der Waals surface area contributed by atoms with Crippen molar-refractivity contribution in [3.05, 3.63) is 34.5 Å². The topological polar surface area (TPSA) is 25.2 Å². The maximum atomic E-state index is 5.98. The Morgan fingerprint density at radius 1 is 1.42 bits per heavy atom. The first-order chi connectivity index (χ1) is 9.26. The van der Waals surface area contributed by atoms with Crippen LogP contribution < -0.4 is 5.32 Å². The van der Waals surface area contributed by atoms with E-state index in [9.17, 15) is 0 Å². The van der Waals surface area contributed by atoms with Crippen molar-refractivity contribution in [2.45, 2.75) is 32.7 Å². The quantitative estimate of drug-likeness (QED) is 0.811. The van der Waals surface area contributed by atoms with Gasteiger partial charge in [-0.15, -0.1) is 11.8 Å². The van der Waals surface area contributed by atoms with E-state index in [1.807, 2.05) is 19.1 Å². The van der Waals surface area contributed by atoms with Gasteiger partial charge in [0.2, 0.25) is 0 Å². The summed E-state index contributed by atoms with van der Waals surface area (Å²) < 4.78 is 6.97. The van der Waals surface area contributed by atoms with Crippen LogP contribution in [0.25, 0.3) is 11.0 Å². The van der Waals surface area contributed by atoms with Gasteiger partial charge < -0.3 is 9.73 Å². The molecule has 0 aliphatic carbocycles. The fourth-order valence-electron chi connectivity index (χ4n) is 2.02. The molecule has 1 unspecified atom stereocenters. The van der Waals surface area contributed by atoms with Crippen molar-refractivity contribution in [2.75, 3.05) is 6.54 Å². The van der Waals surface area contributed by atoms with Crippen molar-refractivity contribution in [3.63, 3.8) is 0 Å². The van der Waals surface area contributed by atoms with Gasteiger partial charge >= 0.3 is 0 Å². The lowest BCUT2D eigenvalue weighted by Gasteiger charge is -2.12. The number of halogens is 1. The average Bonchev–Trinajstić information content (AvgIpc) is 2.84. The molecule has 100 valence electrons. The lowest BCUT2D eigenvalue weighted by Crippen LogP contribution is -2.21. The monoisotopic (exact) mass is 319 g/mol. The van der Waals surface area contributed by atoms with E-state index in [0.29, 0.717) is 0 Å². The number of benzene rings is 1. The van der Waals surface area contributed by atoms with Crippen LogP contribution in [-0.2, 0) is 0 Å². The SMILES string of the molecule is CC#CCC(NCCC)c1cc2cccc(Br)c2o1. The maximum absolute atomic E-state index is 5.98. The lowest BCUT2D eigenvalue weighted by atomic mass is 10.1. The van der Waals surface area contributed by atoms with Crippen LogP contribution in [0.3, 0.4) is 0 Å². The summed E-state index contributed by atoms with van der Waals surface area (Å²) >= 11 is 3.52. The molecule has 0 radical (unpaired) electrons. The third kappa shape index (κ3) is 3.40. The van der Waals surface area contributed by atoms with Gasteiger partial charge in [-0.3, -0.25) is 0 Å². The summed E-state index contributed by atoms with van der Waals surface area (Å²) in [5.74, 6) is 7.04. The van der Waals surface area contributed by atoms with Gasteiger partial charge in [0.1, 0.15) is 11.3 Å². The minimum Gasteiger partial charge on any atom is -0.458 e. The Bertz CT molecular complexity index is 606. The molecule has 19 heavy (non-hydrogen) atoms. The normalized spacial score (nSPS) is 12.2. The van der Waals surface area contributed by atoms with Crippen LogP contribution in [0.15, 0.2) is 33.2 Å². The minimum absolute atomic E-state index is 0.159. The van der Waals surface area contributed by atoms with E-state index >= 15 is 0 Å². The number of para-hydroxylation sites is 1. The van der Waals surface area contributed by atoms with Crippen molar-refractivity contribution in [1.82, 2.24) is 5.32 Å². The Morgan fingerprint density at radius 3 is 2.95 bits per heavy atom. The van der Waals surface area contributed by atoms with Crippen molar-refractivity contribution in [3.8, 4) is 11.8 Å². The Hall–Kier alpha value is -1.24. The summed E-state index contributed by atoms with van der Waals surface area (Å²) in [6, 6.07) is 8.34. The highest BCUT2D eigenvalue weighted by Crippen LogP contribution is 2.30. The number of hydrogen-bond donors (Lipinski definition) is 1. The zero-order valence-electron chi connectivity index (χ0n) is 11.3. The molecule has 0 bridgehead atoms. The van der Waals surface area contributed by atoms with E-state index in [-0.39, 0.29) is 6.04 Å². The van der Waals surface area contributed by atoms with Gasteiger partial charge in [0.25, 0.3) is 0 Å². The molecule has 1 heterocycles. The van der Waals surface area contributed by atoms with Gasteiger partial charge in [0, 0.05) is 11.8 Å². The first-order valence-corrected chi connectivity index (χ1v) is 7.36. The standard InChI is InChI=1S/C16H18BrNO/c1-3-5-9-14(18-10-4-2)15-11-12-7-6-8-13(17)16(12)19-15/h6-8,11,14,18H,4,9-10H2,1-2H3. The average molecular weight is 320 g/mol. The van der Waals surface area contributed by atoms with Crippen molar-refractivity contribution < 1.29 is 4.42 Å². The maximum Gasteiger partial charge on any atom is 0.148 e. The van der Waals surface area contributed by atoms with E-state index in [0.717, 1.165) is 40.6 Å². The van der Waals surface area contributed by atoms with Crippen LogP contribution in [0.5, 0.6) is 0 Å². The van der Waals surface area contributed by atoms with Crippen LogP contribution in [0, 0.1) is 11.8 Å². The Labute approximate surface area is 122 Å². The summed E-state index contributed by atoms with van der Waals surface area (Å²) in [4.78, 5) is 0. The molecule has 0 spiro atoms. The second kappa shape index (κ2) is 6.79. The van der Waals surface area contributed by atoms with E-state index < -0.39 is 0 Å². The van der Waals surface area contributed by atoms with Gasteiger partial charge in [0.05, 0.1) is 10.5 Å². The Morgan fingerprint density at radius 2 is 2.26 bits per heavy atom. The molecule has 0 aliphatic heterocycles. The number of rotatable bonds is 5. The van der Waals surface area contributed by atoms with Gasteiger partial charge in [-0.05, 0) is 48.0 Å². The fraction of sp³-hybridized carbons (Fsp3) is 0.375. The molecule has 0 fully saturated rings. The number of fused-ring (bicyclic) bond motifs is 1. The van der Waals surface area contributed by atoms with E-state index in [4.69, 9.17) is 4.42 Å². The predicted octanol–water partition coefficient (Wildman–Crippen LogP) is 4.65. The first kappa shape index (κ1) is 14.2. The number of furan rings is 1. The molecule has 0 amide bonds. The van der Waals surface area contributed by atoms with Crippen LogP contribution in [-0.4, -0.2) is 6.54 Å². The highest BCUT2D eigenvalue weighted by molar-refractivity contribution is 9.10. The van der Waals surface area contributed by atoms with Crippen LogP contribution >= 0.6 is 15.9 Å². The van der Waals surface area contributed by atoms with Crippen LogP contribution in [0.2, 0.25) is 0 Å². The molecule has 3 heteroatoms. The summed E-state index contributed by atoms with van der Waals surface area (Å²) in [6.45, 7) is 4.99. The summed E-state index contributed by atoms with van der Waals surface area (Å²) in [7, 11) is 0. The van der Waals surface area contributed by atoms with E-state index in [2.05, 4.69) is 52.1 Å². The fourth-order valence-corrected chi connectivity index (χ4v) is 2.48. The van der Waals surface area contributed by atoms with Crippen molar-refractivity contribution in [1.29, 1.82) is 0 Å². The van der Waals surface area contributed by atoms with E-state index in [1.165, 1.54) is 0 Å². The molecular formula is C16H18BrNO. The smallest absolute Gasteiger partial charge is 0.148 e.